The SMILES string of the molecule is C=CCN1C(OC)=NC(C)=C(C(=O)OC(C)C)C1c1cccc([N+](=O)[O-])c1. The zero-order valence-electron chi connectivity index (χ0n) is 15.8. The highest BCUT2D eigenvalue weighted by molar-refractivity contribution is 5.94. The van der Waals surface area contributed by atoms with Crippen LogP contribution in [0.2, 0.25) is 0 Å². The minimum absolute atomic E-state index is 0.0678. The number of methoxy groups -OCH3 is 1. The first-order valence-corrected chi connectivity index (χ1v) is 8.46. The smallest absolute Gasteiger partial charge is 0.338 e. The molecule has 144 valence electrons. The molecule has 1 atom stereocenters. The number of hydrogen-bond donors (Lipinski definition) is 0. The topological polar surface area (TPSA) is 94.3 Å². The van der Waals surface area contributed by atoms with Crippen molar-refractivity contribution >= 4 is 17.7 Å². The first-order valence-electron chi connectivity index (χ1n) is 8.46. The van der Waals surface area contributed by atoms with E-state index in [1.165, 1.54) is 19.2 Å². The Balaban J connectivity index is 2.66. The van der Waals surface area contributed by atoms with Gasteiger partial charge in [-0.05, 0) is 26.3 Å². The molecular weight excluding hydrogens is 350 g/mol. The van der Waals surface area contributed by atoms with Crippen LogP contribution in [0.4, 0.5) is 5.69 Å². The Morgan fingerprint density at radius 1 is 1.48 bits per heavy atom. The van der Waals surface area contributed by atoms with E-state index in [4.69, 9.17) is 9.47 Å². The molecule has 0 fully saturated rings. The van der Waals surface area contributed by atoms with Gasteiger partial charge < -0.3 is 14.4 Å². The van der Waals surface area contributed by atoms with E-state index >= 15 is 0 Å². The van der Waals surface area contributed by atoms with E-state index < -0.39 is 16.9 Å². The molecule has 0 N–H and O–H groups in total. The van der Waals surface area contributed by atoms with Gasteiger partial charge in [-0.3, -0.25) is 10.1 Å². The Labute approximate surface area is 157 Å². The van der Waals surface area contributed by atoms with E-state index in [0.717, 1.165) is 0 Å². The highest BCUT2D eigenvalue weighted by atomic mass is 16.6. The highest BCUT2D eigenvalue weighted by Gasteiger charge is 2.37. The number of nitro groups is 1. The number of nitrogens with zero attached hydrogens (tertiary/aromatic N) is 3. The number of allylic oxidation sites excluding steroid dienone is 1. The Morgan fingerprint density at radius 3 is 2.74 bits per heavy atom. The van der Waals surface area contributed by atoms with Gasteiger partial charge in [-0.25, -0.2) is 9.79 Å². The first kappa shape index (κ1) is 20.2. The van der Waals surface area contributed by atoms with Crippen LogP contribution in [-0.2, 0) is 14.3 Å². The second-order valence-electron chi connectivity index (χ2n) is 6.25. The lowest BCUT2D eigenvalue weighted by atomic mass is 9.94. The highest BCUT2D eigenvalue weighted by Crippen LogP contribution is 2.37. The van der Waals surface area contributed by atoms with Crippen LogP contribution in [0.5, 0.6) is 0 Å². The van der Waals surface area contributed by atoms with Crippen LogP contribution in [-0.4, -0.2) is 41.6 Å². The Morgan fingerprint density at radius 2 is 2.19 bits per heavy atom. The number of rotatable bonds is 6. The van der Waals surface area contributed by atoms with E-state index in [-0.39, 0.29) is 11.8 Å². The second kappa shape index (κ2) is 8.48. The molecule has 1 aliphatic rings. The van der Waals surface area contributed by atoms with Gasteiger partial charge in [0.05, 0.1) is 35.4 Å². The van der Waals surface area contributed by atoms with Gasteiger partial charge in [0.2, 0.25) is 0 Å². The number of hydrogen-bond acceptors (Lipinski definition) is 7. The summed E-state index contributed by atoms with van der Waals surface area (Å²) in [6.07, 6.45) is 1.33. The van der Waals surface area contributed by atoms with E-state index in [2.05, 4.69) is 11.6 Å². The van der Waals surface area contributed by atoms with E-state index in [1.54, 1.807) is 43.9 Å². The lowest BCUT2D eigenvalue weighted by molar-refractivity contribution is -0.384. The number of carbonyl (C=O) groups excluding carboxylic acids is 1. The Kier molecular flexibility index (Phi) is 6.33. The average Bonchev–Trinajstić information content (AvgIpc) is 2.61. The first-order chi connectivity index (χ1) is 12.8. The van der Waals surface area contributed by atoms with Crippen molar-refractivity contribution in [2.75, 3.05) is 13.7 Å². The van der Waals surface area contributed by atoms with Crippen molar-refractivity contribution in [1.82, 2.24) is 4.90 Å². The summed E-state index contributed by atoms with van der Waals surface area (Å²) in [6.45, 7) is 9.26. The zero-order valence-corrected chi connectivity index (χ0v) is 15.8. The predicted molar refractivity (Wildman–Crippen MR) is 101 cm³/mol. The molecule has 0 amide bonds. The number of nitro benzene ring substituents is 1. The maximum atomic E-state index is 12.8. The second-order valence-corrected chi connectivity index (χ2v) is 6.25. The fourth-order valence-electron chi connectivity index (χ4n) is 2.91. The minimum atomic E-state index is -0.651. The maximum Gasteiger partial charge on any atom is 0.338 e. The molecule has 0 spiro atoms. The van der Waals surface area contributed by atoms with Gasteiger partial charge in [0.25, 0.3) is 11.7 Å². The molecule has 1 unspecified atom stereocenters. The third-order valence-corrected chi connectivity index (χ3v) is 3.95. The van der Waals surface area contributed by atoms with Crippen molar-refractivity contribution in [2.45, 2.75) is 32.9 Å². The number of benzene rings is 1. The van der Waals surface area contributed by atoms with Gasteiger partial charge in [0.1, 0.15) is 0 Å². The molecule has 0 aromatic heterocycles. The van der Waals surface area contributed by atoms with Crippen molar-refractivity contribution in [3.05, 3.63) is 63.9 Å². The van der Waals surface area contributed by atoms with Gasteiger partial charge in [-0.1, -0.05) is 18.2 Å². The monoisotopic (exact) mass is 373 g/mol. The molecular formula is C19H23N3O5. The normalized spacial score (nSPS) is 16.9. The van der Waals surface area contributed by atoms with Gasteiger partial charge in [-0.2, -0.15) is 0 Å². The standard InChI is InChI=1S/C19H23N3O5/c1-6-10-21-17(14-8-7-9-15(11-14)22(24)25)16(18(23)27-12(2)3)13(4)20-19(21)26-5/h6-9,11-12,17H,1,10H2,2-5H3. The molecule has 0 radical (unpaired) electrons. The van der Waals surface area contributed by atoms with Crippen molar-refractivity contribution in [2.24, 2.45) is 4.99 Å². The predicted octanol–water partition coefficient (Wildman–Crippen LogP) is 3.37. The van der Waals surface area contributed by atoms with Gasteiger partial charge >= 0.3 is 5.97 Å². The molecule has 1 aliphatic heterocycles. The number of carbonyl (C=O) groups is 1. The molecule has 2 rings (SSSR count). The molecule has 0 saturated heterocycles. The maximum absolute atomic E-state index is 12.8. The number of non-ortho nitro benzene ring substituents is 1. The summed E-state index contributed by atoms with van der Waals surface area (Å²) >= 11 is 0. The molecule has 0 saturated carbocycles. The lowest BCUT2D eigenvalue weighted by Crippen LogP contribution is -2.41. The summed E-state index contributed by atoms with van der Waals surface area (Å²) < 4.78 is 10.8. The molecule has 0 aliphatic carbocycles. The van der Waals surface area contributed by atoms with Gasteiger partial charge in [0.15, 0.2) is 0 Å². The van der Waals surface area contributed by atoms with Crippen LogP contribution in [0.15, 0.2) is 53.2 Å². The Hall–Kier alpha value is -3.16. The molecule has 0 bridgehead atoms. The van der Waals surface area contributed by atoms with Gasteiger partial charge in [0, 0.05) is 18.7 Å². The number of amidine groups is 1. The molecule has 27 heavy (non-hydrogen) atoms. The molecule has 8 nitrogen and oxygen atoms in total. The lowest BCUT2D eigenvalue weighted by Gasteiger charge is -2.36. The van der Waals surface area contributed by atoms with Crippen molar-refractivity contribution < 1.29 is 19.2 Å². The van der Waals surface area contributed by atoms with Crippen molar-refractivity contribution in [1.29, 1.82) is 0 Å². The van der Waals surface area contributed by atoms with E-state index in [0.29, 0.717) is 29.4 Å². The summed E-state index contributed by atoms with van der Waals surface area (Å²) in [5.41, 5.74) is 1.24. The fraction of sp³-hybridized carbons (Fsp3) is 0.368. The molecule has 8 heteroatoms. The third-order valence-electron chi connectivity index (χ3n) is 3.95. The van der Waals surface area contributed by atoms with Crippen molar-refractivity contribution in [3.63, 3.8) is 0 Å². The van der Waals surface area contributed by atoms with Crippen LogP contribution >= 0.6 is 0 Å². The summed E-state index contributed by atoms with van der Waals surface area (Å²) in [6, 6.07) is 5.79. The summed E-state index contributed by atoms with van der Waals surface area (Å²) in [7, 11) is 1.48. The number of ether oxygens (including phenoxy) is 2. The molecule has 1 heterocycles. The fourth-order valence-corrected chi connectivity index (χ4v) is 2.91. The van der Waals surface area contributed by atoms with Crippen LogP contribution in [0.25, 0.3) is 0 Å². The number of esters is 1. The van der Waals surface area contributed by atoms with E-state index in [1.807, 2.05) is 0 Å². The summed E-state index contributed by atoms with van der Waals surface area (Å²) in [5.74, 6) is -0.521. The van der Waals surface area contributed by atoms with Crippen LogP contribution in [0.3, 0.4) is 0 Å². The van der Waals surface area contributed by atoms with Crippen LogP contribution in [0.1, 0.15) is 32.4 Å². The van der Waals surface area contributed by atoms with Crippen LogP contribution in [0, 0.1) is 10.1 Å². The van der Waals surface area contributed by atoms with E-state index in [9.17, 15) is 14.9 Å². The average molecular weight is 373 g/mol. The summed E-state index contributed by atoms with van der Waals surface area (Å²) in [5, 5.41) is 11.2. The number of aliphatic imine (C=N–C) groups is 1. The Bertz CT molecular complexity index is 813. The molecule has 1 aromatic rings. The molecule has 1 aromatic carbocycles. The largest absolute Gasteiger partial charge is 0.468 e. The minimum Gasteiger partial charge on any atom is -0.468 e. The summed E-state index contributed by atoms with van der Waals surface area (Å²) in [4.78, 5) is 29.6. The third kappa shape index (κ3) is 4.33. The van der Waals surface area contributed by atoms with Crippen molar-refractivity contribution in [3.8, 4) is 0 Å². The zero-order chi connectivity index (χ0) is 20.1. The van der Waals surface area contributed by atoms with Gasteiger partial charge in [-0.15, -0.1) is 6.58 Å². The quantitative estimate of drug-likeness (QED) is 0.328. The van der Waals surface area contributed by atoms with Crippen LogP contribution < -0.4 is 0 Å².